The molecule has 0 fully saturated rings. The maximum atomic E-state index is 13.9. The van der Waals surface area contributed by atoms with Gasteiger partial charge in [0.15, 0.2) is 18.0 Å². The minimum absolute atomic E-state index is 0.0185. The normalized spacial score (nSPS) is 15.6. The summed E-state index contributed by atoms with van der Waals surface area (Å²) in [6.07, 6.45) is 23.0. The van der Waals surface area contributed by atoms with Crippen molar-refractivity contribution in [3.05, 3.63) is 69.5 Å². The van der Waals surface area contributed by atoms with Crippen molar-refractivity contribution in [3.63, 3.8) is 0 Å². The van der Waals surface area contributed by atoms with E-state index in [0.717, 1.165) is 65.5 Å². The molecule has 0 saturated carbocycles. The van der Waals surface area contributed by atoms with Gasteiger partial charge in [-0.2, -0.15) is 4.57 Å². The SMILES string of the molecule is CCCCCCCCCCN1/C(=C\C2=C(O)C(=Cc3oc4cc(OC)c(OC)cc4[n+]3CCCCCCCCCC)C2=O)N(CC)c2cc(C)c(Cl)cc21. The standard InChI is InChI=1S/C45H62ClN3O5/c1-7-10-12-14-16-18-20-22-24-48-37-29-35(46)32(4)26-36(37)47(9-3)42(48)27-33-44(50)34(45(33)51)28-43-49(25-23-21-19-17-15-13-11-8-2)38-30-40(52-5)41(53-6)31-39(38)54-43/h26-31H,7-25H2,1-6H3/p+1. The lowest BCUT2D eigenvalue weighted by Crippen LogP contribution is -2.36. The molecule has 9 heteroatoms. The summed E-state index contributed by atoms with van der Waals surface area (Å²) < 4.78 is 19.6. The Morgan fingerprint density at radius 1 is 0.759 bits per heavy atom. The van der Waals surface area contributed by atoms with Crippen molar-refractivity contribution in [2.75, 3.05) is 37.1 Å². The predicted molar refractivity (Wildman–Crippen MR) is 222 cm³/mol. The zero-order valence-electron chi connectivity index (χ0n) is 33.7. The molecule has 8 nitrogen and oxygen atoms in total. The molecule has 1 aromatic heterocycles. The van der Waals surface area contributed by atoms with Crippen LogP contribution in [0.5, 0.6) is 11.5 Å². The molecule has 0 amide bonds. The third kappa shape index (κ3) is 9.47. The number of carbonyl (C=O) groups excluding carboxylic acids is 1. The number of benzene rings is 2. The van der Waals surface area contributed by atoms with Crippen LogP contribution in [0.1, 0.15) is 135 Å². The summed E-state index contributed by atoms with van der Waals surface area (Å²) in [4.78, 5) is 18.4. The Morgan fingerprint density at radius 3 is 1.93 bits per heavy atom. The summed E-state index contributed by atoms with van der Waals surface area (Å²) in [6.45, 7) is 10.9. The number of unbranched alkanes of at least 4 members (excludes halogenated alkanes) is 14. The van der Waals surface area contributed by atoms with Gasteiger partial charge in [0.25, 0.3) is 5.52 Å². The first kappa shape index (κ1) is 41.3. The predicted octanol–water partition coefficient (Wildman–Crippen LogP) is 11.9. The van der Waals surface area contributed by atoms with Gasteiger partial charge in [-0.05, 0) is 50.5 Å². The van der Waals surface area contributed by atoms with Gasteiger partial charge < -0.3 is 28.8 Å². The highest BCUT2D eigenvalue weighted by Crippen LogP contribution is 2.46. The molecule has 1 aliphatic carbocycles. The van der Waals surface area contributed by atoms with E-state index < -0.39 is 0 Å². The number of anilines is 2. The molecule has 54 heavy (non-hydrogen) atoms. The van der Waals surface area contributed by atoms with Gasteiger partial charge in [-0.1, -0.05) is 109 Å². The summed E-state index contributed by atoms with van der Waals surface area (Å²) in [7, 11) is 3.22. The summed E-state index contributed by atoms with van der Waals surface area (Å²) in [5, 5.41) is 12.2. The molecule has 0 unspecified atom stereocenters. The van der Waals surface area contributed by atoms with Crippen LogP contribution in [0.25, 0.3) is 17.2 Å². The molecule has 0 saturated heterocycles. The molecule has 0 atom stereocenters. The maximum absolute atomic E-state index is 13.9. The molecule has 0 radical (unpaired) electrons. The van der Waals surface area contributed by atoms with Crippen LogP contribution in [-0.2, 0) is 11.3 Å². The molecule has 2 heterocycles. The first-order valence-corrected chi connectivity index (χ1v) is 21.0. The van der Waals surface area contributed by atoms with E-state index in [4.69, 9.17) is 25.5 Å². The maximum Gasteiger partial charge on any atom is 0.374 e. The van der Waals surface area contributed by atoms with E-state index in [0.29, 0.717) is 41.6 Å². The fraction of sp³-hybridized carbons (Fsp3) is 0.556. The lowest BCUT2D eigenvalue weighted by atomic mass is 9.87. The van der Waals surface area contributed by atoms with Crippen LogP contribution in [0.2, 0.25) is 5.02 Å². The molecule has 0 spiro atoms. The Bertz CT molecular complexity index is 1840. The van der Waals surface area contributed by atoms with Crippen LogP contribution in [0, 0.1) is 6.92 Å². The van der Waals surface area contributed by atoms with E-state index in [2.05, 4.69) is 41.2 Å². The first-order chi connectivity index (χ1) is 26.3. The van der Waals surface area contributed by atoms with E-state index in [1.165, 1.54) is 77.0 Å². The Labute approximate surface area is 328 Å². The van der Waals surface area contributed by atoms with Gasteiger partial charge in [0, 0.05) is 30.6 Å². The number of aliphatic hydroxyl groups excluding tert-OH is 1. The highest BCUT2D eigenvalue weighted by molar-refractivity contribution is 6.32. The molecule has 1 N–H and O–H groups in total. The van der Waals surface area contributed by atoms with Crippen molar-refractivity contribution in [3.8, 4) is 11.5 Å². The number of oxazole rings is 1. The Kier molecular flexibility index (Phi) is 15.4. The number of fused-ring (bicyclic) bond motifs is 2. The van der Waals surface area contributed by atoms with Crippen molar-refractivity contribution in [1.29, 1.82) is 0 Å². The van der Waals surface area contributed by atoms with Gasteiger partial charge in [-0.3, -0.25) is 4.79 Å². The van der Waals surface area contributed by atoms with Crippen molar-refractivity contribution in [2.45, 2.75) is 137 Å². The lowest BCUT2D eigenvalue weighted by molar-refractivity contribution is -0.678. The van der Waals surface area contributed by atoms with Crippen molar-refractivity contribution in [2.24, 2.45) is 0 Å². The number of aliphatic hydroxyl groups is 1. The average molecular weight is 761 g/mol. The summed E-state index contributed by atoms with van der Waals surface area (Å²) >= 11 is 6.67. The molecule has 2 aliphatic rings. The number of hydrogen-bond acceptors (Lipinski definition) is 7. The second-order valence-electron chi connectivity index (χ2n) is 14.9. The van der Waals surface area contributed by atoms with E-state index in [9.17, 15) is 9.90 Å². The van der Waals surface area contributed by atoms with Crippen LogP contribution in [-0.4, -0.2) is 38.2 Å². The molecule has 0 bridgehead atoms. The summed E-state index contributed by atoms with van der Waals surface area (Å²) in [6, 6.07) is 7.91. The van der Waals surface area contributed by atoms with Crippen LogP contribution >= 0.6 is 11.6 Å². The number of methoxy groups -OCH3 is 2. The van der Waals surface area contributed by atoms with Gasteiger partial charge in [-0.25, -0.2) is 0 Å². The average Bonchev–Trinajstić information content (AvgIpc) is 3.66. The number of allylic oxidation sites excluding steroid dienone is 3. The number of ether oxygens (including phenoxy) is 2. The number of aryl methyl sites for hydroxylation is 2. The fourth-order valence-corrected chi connectivity index (χ4v) is 7.90. The molecular weight excluding hydrogens is 698 g/mol. The largest absolute Gasteiger partial charge is 0.506 e. The van der Waals surface area contributed by atoms with E-state index in [-0.39, 0.29) is 17.1 Å². The van der Waals surface area contributed by atoms with Crippen molar-refractivity contribution >= 4 is 45.9 Å². The molecule has 1 aliphatic heterocycles. The van der Waals surface area contributed by atoms with Crippen LogP contribution in [0.4, 0.5) is 11.4 Å². The monoisotopic (exact) mass is 760 g/mol. The highest BCUT2D eigenvalue weighted by Gasteiger charge is 2.38. The Balaban J connectivity index is 1.41. The highest BCUT2D eigenvalue weighted by atomic mass is 35.5. The second-order valence-corrected chi connectivity index (χ2v) is 15.3. The van der Waals surface area contributed by atoms with Gasteiger partial charge in [0.2, 0.25) is 11.4 Å². The molecule has 294 valence electrons. The smallest absolute Gasteiger partial charge is 0.374 e. The molecule has 2 aromatic carbocycles. The van der Waals surface area contributed by atoms with Gasteiger partial charge in [-0.15, -0.1) is 0 Å². The third-order valence-corrected chi connectivity index (χ3v) is 11.4. The molecule has 5 rings (SSSR count). The van der Waals surface area contributed by atoms with Crippen LogP contribution < -0.4 is 23.8 Å². The van der Waals surface area contributed by atoms with Crippen molar-refractivity contribution in [1.82, 2.24) is 0 Å². The number of nitrogens with zero attached hydrogens (tertiary/aromatic N) is 3. The number of rotatable bonds is 23. The number of Topliss-reactive ketones (excluding diaryl/α,β-unsaturated/α-hetero) is 1. The first-order valence-electron chi connectivity index (χ1n) is 20.6. The van der Waals surface area contributed by atoms with Crippen LogP contribution in [0.3, 0.4) is 0 Å². The number of halogens is 1. The number of aromatic nitrogens is 1. The second kappa shape index (κ2) is 20.1. The van der Waals surface area contributed by atoms with Gasteiger partial charge in [0.05, 0.1) is 48.9 Å². The lowest BCUT2D eigenvalue weighted by Gasteiger charge is -2.27. The molecular formula is C45H63ClN3O5+. The van der Waals surface area contributed by atoms with E-state index >= 15 is 0 Å². The number of carbonyl (C=O) groups is 1. The quantitative estimate of drug-likeness (QED) is 0.0585. The van der Waals surface area contributed by atoms with Crippen LogP contribution in [0.15, 0.2) is 57.5 Å². The van der Waals surface area contributed by atoms with E-state index in [1.807, 2.05) is 31.2 Å². The van der Waals surface area contributed by atoms with Gasteiger partial charge in [0.1, 0.15) is 11.6 Å². The van der Waals surface area contributed by atoms with E-state index in [1.54, 1.807) is 20.3 Å². The Hall–Kier alpha value is -3.91. The zero-order chi connectivity index (χ0) is 38.6. The topological polar surface area (TPSA) is 79.3 Å². The minimum Gasteiger partial charge on any atom is -0.506 e. The van der Waals surface area contributed by atoms with Gasteiger partial charge >= 0.3 is 5.89 Å². The summed E-state index contributed by atoms with van der Waals surface area (Å²) in [5.74, 6) is 2.35. The zero-order valence-corrected chi connectivity index (χ0v) is 34.5. The fourth-order valence-electron chi connectivity index (χ4n) is 7.74. The summed E-state index contributed by atoms with van der Waals surface area (Å²) in [5.41, 5.74) is 5.16. The number of hydrogen-bond donors (Lipinski definition) is 1. The van der Waals surface area contributed by atoms with Crippen molar-refractivity contribution < 1.29 is 28.4 Å². The number of ketones is 1. The minimum atomic E-state index is -0.206. The Morgan fingerprint density at radius 2 is 1.33 bits per heavy atom. The third-order valence-electron chi connectivity index (χ3n) is 11.0. The molecule has 3 aromatic rings.